The Hall–Kier alpha value is -4.94. The van der Waals surface area contributed by atoms with Crippen molar-refractivity contribution in [2.45, 2.75) is 32.6 Å². The summed E-state index contributed by atoms with van der Waals surface area (Å²) >= 11 is 0. The molecule has 0 fully saturated rings. The molecule has 6 heteroatoms. The van der Waals surface area contributed by atoms with E-state index in [0.29, 0.717) is 34.5 Å². The maximum atomic E-state index is 10.5. The van der Waals surface area contributed by atoms with Crippen LogP contribution < -0.4 is 10.7 Å². The number of nitrogens with one attached hydrogen (secondary N) is 2. The third-order valence-corrected chi connectivity index (χ3v) is 7.65. The normalized spacial score (nSPS) is 21.8. The third-order valence-electron chi connectivity index (χ3n) is 7.65. The zero-order chi connectivity index (χ0) is 27.6. The zero-order valence-electron chi connectivity index (χ0n) is 22.4. The molecule has 6 nitrogen and oxygen atoms in total. The summed E-state index contributed by atoms with van der Waals surface area (Å²) in [5, 5.41) is 24.1. The van der Waals surface area contributed by atoms with E-state index in [2.05, 4.69) is 82.4 Å². The summed E-state index contributed by atoms with van der Waals surface area (Å²) in [4.78, 5) is 16.4. The van der Waals surface area contributed by atoms with Gasteiger partial charge in [0.2, 0.25) is 0 Å². The molecule has 3 aliphatic rings. The first-order valence-corrected chi connectivity index (χ1v) is 13.7. The molecule has 40 heavy (non-hydrogen) atoms. The standard InChI is InChI=1S/C34H29N6/c1-21-9-13-23(14-10-21)31-29-30(34(39-31)26(20-36)28-8-4-6-18-38-28)32(24-15-11-22(2)12-16-24)40-33(29)25(19-35)27-7-3-5-17-37-27/h3,5-7,9,11,13-18,21-22,39-40H,1,4,8,10,12H2,2H3/q-1/b33-25-,34-26-. The fourth-order valence-electron chi connectivity index (χ4n) is 5.53. The number of aliphatic imine (C=N–C) groups is 1. The minimum absolute atomic E-state index is 0.203. The van der Waals surface area contributed by atoms with Crippen LogP contribution in [0.3, 0.4) is 0 Å². The number of rotatable bonds is 4. The number of aromatic nitrogens is 3. The summed E-state index contributed by atoms with van der Waals surface area (Å²) in [6, 6.07) is 10.5. The van der Waals surface area contributed by atoms with Crippen molar-refractivity contribution in [3.05, 3.63) is 108 Å². The van der Waals surface area contributed by atoms with Crippen LogP contribution in [-0.2, 0) is 0 Å². The van der Waals surface area contributed by atoms with Gasteiger partial charge in [-0.15, -0.1) is 12.0 Å². The highest BCUT2D eigenvalue weighted by Crippen LogP contribution is 2.32. The molecule has 1 aliphatic heterocycles. The minimum atomic E-state index is 0.203. The van der Waals surface area contributed by atoms with E-state index in [9.17, 15) is 10.5 Å². The molecule has 196 valence electrons. The fraction of sp³-hybridized carbons (Fsp3) is 0.206. The number of H-pyrrole nitrogens is 2. The Balaban J connectivity index is 1.81. The second-order valence-electron chi connectivity index (χ2n) is 10.4. The van der Waals surface area contributed by atoms with Crippen LogP contribution in [0.25, 0.3) is 33.1 Å². The average Bonchev–Trinajstić information content (AvgIpc) is 3.56. The molecular weight excluding hydrogens is 492 g/mol. The first kappa shape index (κ1) is 25.3. The molecule has 0 radical (unpaired) electrons. The molecule has 2 atom stereocenters. The van der Waals surface area contributed by atoms with Crippen molar-refractivity contribution in [3.63, 3.8) is 0 Å². The van der Waals surface area contributed by atoms with Crippen molar-refractivity contribution in [1.82, 2.24) is 15.0 Å². The molecule has 6 rings (SSSR count). The summed E-state index contributed by atoms with van der Waals surface area (Å²) in [5.41, 5.74) is 6.10. The molecule has 0 saturated heterocycles. The molecular formula is C34H29N6-. The van der Waals surface area contributed by atoms with Crippen LogP contribution in [0, 0.1) is 41.4 Å². The largest absolute Gasteiger partial charge is 0.353 e. The van der Waals surface area contributed by atoms with Crippen LogP contribution in [0.15, 0.2) is 78.1 Å². The molecule has 2 N–H and O–H groups in total. The molecule has 0 bridgehead atoms. The average molecular weight is 522 g/mol. The molecule has 0 aromatic carbocycles. The minimum Gasteiger partial charge on any atom is -0.353 e. The summed E-state index contributed by atoms with van der Waals surface area (Å²) in [7, 11) is 0. The second kappa shape index (κ2) is 10.7. The molecule has 4 heterocycles. The van der Waals surface area contributed by atoms with Crippen molar-refractivity contribution >= 4 is 38.8 Å². The zero-order valence-corrected chi connectivity index (χ0v) is 22.4. The van der Waals surface area contributed by atoms with E-state index < -0.39 is 0 Å². The van der Waals surface area contributed by atoms with Crippen molar-refractivity contribution in [1.29, 1.82) is 10.5 Å². The Kier molecular flexibility index (Phi) is 6.76. The molecule has 0 spiro atoms. The summed E-state index contributed by atoms with van der Waals surface area (Å²) in [6.07, 6.45) is 21.6. The number of aromatic amines is 2. The number of allylic oxidation sites excluding steroid dienone is 9. The van der Waals surface area contributed by atoms with Gasteiger partial charge in [0.15, 0.2) is 0 Å². The number of fused-ring (bicyclic) bond motifs is 1. The van der Waals surface area contributed by atoms with E-state index in [-0.39, 0.29) is 5.92 Å². The Morgan fingerprint density at radius 1 is 0.950 bits per heavy atom. The van der Waals surface area contributed by atoms with E-state index in [4.69, 9.17) is 0 Å². The lowest BCUT2D eigenvalue weighted by Crippen LogP contribution is -2.17. The van der Waals surface area contributed by atoms with Gasteiger partial charge in [-0.05, 0) is 48.5 Å². The van der Waals surface area contributed by atoms with E-state index in [1.54, 1.807) is 12.4 Å². The second-order valence-corrected chi connectivity index (χ2v) is 10.4. The van der Waals surface area contributed by atoms with Crippen LogP contribution in [0.4, 0.5) is 0 Å². The van der Waals surface area contributed by atoms with Crippen LogP contribution in [-0.4, -0.2) is 20.7 Å². The van der Waals surface area contributed by atoms with Crippen LogP contribution in [0.5, 0.6) is 0 Å². The maximum Gasteiger partial charge on any atom is 0.104 e. The summed E-state index contributed by atoms with van der Waals surface area (Å²) in [6.45, 7) is 6.37. The van der Waals surface area contributed by atoms with Crippen molar-refractivity contribution < 1.29 is 0 Å². The van der Waals surface area contributed by atoms with Gasteiger partial charge >= 0.3 is 0 Å². The van der Waals surface area contributed by atoms with Gasteiger partial charge in [-0.1, -0.05) is 55.9 Å². The quantitative estimate of drug-likeness (QED) is 0.423. The molecule has 0 saturated carbocycles. The number of pyridine rings is 1. The van der Waals surface area contributed by atoms with Gasteiger partial charge < -0.3 is 16.9 Å². The fourth-order valence-corrected chi connectivity index (χ4v) is 5.53. The number of hydrogen-bond donors (Lipinski definition) is 2. The van der Waals surface area contributed by atoms with Crippen molar-refractivity contribution in [3.8, 4) is 12.1 Å². The van der Waals surface area contributed by atoms with Gasteiger partial charge in [0.05, 0.1) is 39.1 Å². The van der Waals surface area contributed by atoms with Crippen LogP contribution >= 0.6 is 0 Å². The number of nitriles is 2. The first-order valence-electron chi connectivity index (χ1n) is 13.7. The molecule has 3 aromatic rings. The van der Waals surface area contributed by atoms with Crippen molar-refractivity contribution in [2.75, 3.05) is 0 Å². The highest BCUT2D eigenvalue weighted by Gasteiger charge is 2.24. The van der Waals surface area contributed by atoms with Crippen LogP contribution in [0.1, 0.15) is 49.7 Å². The monoisotopic (exact) mass is 521 g/mol. The summed E-state index contributed by atoms with van der Waals surface area (Å²) < 4.78 is 0. The van der Waals surface area contributed by atoms with Gasteiger partial charge in [0.25, 0.3) is 0 Å². The Morgan fingerprint density at radius 2 is 1.65 bits per heavy atom. The Labute approximate surface area is 233 Å². The predicted molar refractivity (Wildman–Crippen MR) is 161 cm³/mol. The van der Waals surface area contributed by atoms with Gasteiger partial charge in [-0.25, -0.2) is 0 Å². The van der Waals surface area contributed by atoms with E-state index in [1.807, 2.05) is 24.3 Å². The van der Waals surface area contributed by atoms with E-state index in [1.165, 1.54) is 0 Å². The number of hydrogen-bond acceptors (Lipinski definition) is 4. The highest BCUT2D eigenvalue weighted by molar-refractivity contribution is 6.25. The lowest BCUT2D eigenvalue weighted by atomic mass is 9.94. The Morgan fingerprint density at radius 3 is 2.20 bits per heavy atom. The van der Waals surface area contributed by atoms with Crippen LogP contribution in [0.2, 0.25) is 0 Å². The SMILES string of the molecule is [CH2-]C1C=CC(c2[nH]/c(=C(/C#N)C3=NC=CCC3)c3c(C4=CCC(C)C=C4)[nH]/c(=C(/C#N)c4ccccn4)c23)=CC1. The molecule has 0 amide bonds. The van der Waals surface area contributed by atoms with Gasteiger partial charge in [-0.3, -0.25) is 9.98 Å². The summed E-state index contributed by atoms with van der Waals surface area (Å²) in [5.74, 6) is 0.649. The van der Waals surface area contributed by atoms with Gasteiger partial charge in [0.1, 0.15) is 17.7 Å². The predicted octanol–water partition coefficient (Wildman–Crippen LogP) is 5.81. The van der Waals surface area contributed by atoms with Crippen molar-refractivity contribution in [2.24, 2.45) is 16.8 Å². The highest BCUT2D eigenvalue weighted by atomic mass is 14.8. The van der Waals surface area contributed by atoms with E-state index >= 15 is 0 Å². The smallest absolute Gasteiger partial charge is 0.104 e. The van der Waals surface area contributed by atoms with E-state index in [0.717, 1.165) is 63.6 Å². The van der Waals surface area contributed by atoms with Gasteiger partial charge in [0, 0.05) is 23.2 Å². The maximum absolute atomic E-state index is 10.5. The third kappa shape index (κ3) is 4.48. The molecule has 2 aliphatic carbocycles. The lowest BCUT2D eigenvalue weighted by Gasteiger charge is -2.15. The van der Waals surface area contributed by atoms with Gasteiger partial charge in [-0.2, -0.15) is 10.5 Å². The first-order chi connectivity index (χ1) is 19.6. The Bertz CT molecular complexity index is 1850. The molecule has 2 unspecified atom stereocenters. The number of nitrogens with zero attached hydrogens (tertiary/aromatic N) is 4. The molecule has 3 aromatic heterocycles. The lowest BCUT2D eigenvalue weighted by molar-refractivity contribution is 0.739. The topological polar surface area (TPSA) is 104 Å².